The van der Waals surface area contributed by atoms with E-state index in [-0.39, 0.29) is 27.4 Å². The first kappa shape index (κ1) is 21.8. The first-order valence-electron chi connectivity index (χ1n) is 9.88. The average molecular weight is 435 g/mol. The largest absolute Gasteiger partial charge is 0.346 e. The van der Waals surface area contributed by atoms with Crippen LogP contribution in [0.2, 0.25) is 5.02 Å². The van der Waals surface area contributed by atoms with Gasteiger partial charge in [-0.3, -0.25) is 4.79 Å². The highest BCUT2D eigenvalue weighted by molar-refractivity contribution is 7.89. The third-order valence-corrected chi connectivity index (χ3v) is 7.76. The zero-order chi connectivity index (χ0) is 21.2. The van der Waals surface area contributed by atoms with E-state index in [0.29, 0.717) is 13.1 Å². The molecule has 0 aliphatic carbocycles. The Labute approximate surface area is 178 Å². The summed E-state index contributed by atoms with van der Waals surface area (Å²) < 4.78 is 27.5. The molecule has 1 saturated heterocycles. The lowest BCUT2D eigenvalue weighted by molar-refractivity contribution is 0.0939. The van der Waals surface area contributed by atoms with Gasteiger partial charge in [0.2, 0.25) is 10.0 Å². The lowest BCUT2D eigenvalue weighted by Crippen LogP contribution is -2.36. The van der Waals surface area contributed by atoms with Gasteiger partial charge in [-0.2, -0.15) is 4.31 Å². The molecule has 2 aromatic carbocycles. The zero-order valence-corrected chi connectivity index (χ0v) is 18.6. The number of hydrogen-bond acceptors (Lipinski definition) is 3. The minimum Gasteiger partial charge on any atom is -0.346 e. The normalized spacial score (nSPS) is 16.4. The molecule has 1 amide bonds. The van der Waals surface area contributed by atoms with Crippen molar-refractivity contribution >= 4 is 27.5 Å². The van der Waals surface area contributed by atoms with E-state index in [0.717, 1.165) is 36.0 Å². The van der Waals surface area contributed by atoms with Crippen LogP contribution in [0.5, 0.6) is 0 Å². The number of benzene rings is 2. The van der Waals surface area contributed by atoms with Crippen LogP contribution in [0.25, 0.3) is 0 Å². The molecule has 1 fully saturated rings. The third kappa shape index (κ3) is 4.82. The average Bonchev–Trinajstić information content (AvgIpc) is 2.70. The van der Waals surface area contributed by atoms with Crippen molar-refractivity contribution in [2.24, 2.45) is 0 Å². The summed E-state index contributed by atoms with van der Waals surface area (Å²) in [4.78, 5) is 12.8. The van der Waals surface area contributed by atoms with E-state index in [1.54, 1.807) is 6.07 Å². The van der Waals surface area contributed by atoms with Crippen LogP contribution in [0.15, 0.2) is 41.3 Å². The molecule has 1 heterocycles. The molecule has 3 rings (SSSR count). The summed E-state index contributed by atoms with van der Waals surface area (Å²) in [6.45, 7) is 6.90. The van der Waals surface area contributed by atoms with Gasteiger partial charge in [0.1, 0.15) is 4.90 Å². The fraction of sp³-hybridized carbons (Fsp3) is 0.409. The lowest BCUT2D eigenvalue weighted by Gasteiger charge is -2.26. The summed E-state index contributed by atoms with van der Waals surface area (Å²) in [5.74, 6) is -0.329. The Morgan fingerprint density at radius 3 is 2.45 bits per heavy atom. The van der Waals surface area contributed by atoms with E-state index in [1.165, 1.54) is 16.4 Å². The van der Waals surface area contributed by atoms with Crippen molar-refractivity contribution in [3.8, 4) is 0 Å². The fourth-order valence-corrected chi connectivity index (χ4v) is 5.69. The highest BCUT2D eigenvalue weighted by atomic mass is 35.5. The lowest BCUT2D eigenvalue weighted by atomic mass is 10.00. The number of halogens is 1. The topological polar surface area (TPSA) is 66.5 Å². The Balaban J connectivity index is 1.85. The molecule has 0 spiro atoms. The van der Waals surface area contributed by atoms with Gasteiger partial charge in [0.05, 0.1) is 11.1 Å². The molecule has 5 nitrogen and oxygen atoms in total. The van der Waals surface area contributed by atoms with Crippen molar-refractivity contribution in [3.05, 3.63) is 63.7 Å². The number of piperidine rings is 1. The van der Waals surface area contributed by atoms with Gasteiger partial charge in [-0.15, -0.1) is 0 Å². The Hall–Kier alpha value is -1.89. The maximum atomic E-state index is 13.0. The minimum absolute atomic E-state index is 0.00638. The van der Waals surface area contributed by atoms with Crippen molar-refractivity contribution in [1.82, 2.24) is 9.62 Å². The molecule has 0 aromatic heterocycles. The molecule has 2 aromatic rings. The third-order valence-electron chi connectivity index (χ3n) is 5.38. The van der Waals surface area contributed by atoms with Crippen LogP contribution in [-0.4, -0.2) is 31.7 Å². The summed E-state index contributed by atoms with van der Waals surface area (Å²) >= 11 is 6.21. The van der Waals surface area contributed by atoms with Gasteiger partial charge in [0, 0.05) is 18.7 Å². The maximum absolute atomic E-state index is 13.0. The van der Waals surface area contributed by atoms with Crippen LogP contribution in [0.1, 0.15) is 59.3 Å². The highest BCUT2D eigenvalue weighted by Crippen LogP contribution is 2.28. The van der Waals surface area contributed by atoms with E-state index in [2.05, 4.69) is 5.32 Å². The molecular formula is C22H27ClN2O3S. The first-order chi connectivity index (χ1) is 13.7. The number of aryl methyl sites for hydroxylation is 2. The Morgan fingerprint density at radius 1 is 1.07 bits per heavy atom. The van der Waals surface area contributed by atoms with Crippen molar-refractivity contribution in [2.45, 2.75) is 51.0 Å². The summed E-state index contributed by atoms with van der Waals surface area (Å²) in [5, 5.41) is 3.10. The number of sulfonamides is 1. The quantitative estimate of drug-likeness (QED) is 0.746. The van der Waals surface area contributed by atoms with E-state index >= 15 is 0 Å². The SMILES string of the molecule is Cc1ccc(C)c([C@@H](C)NC(=O)c2ccc(Cl)c(S(=O)(=O)N3CCCCC3)c2)c1. The van der Waals surface area contributed by atoms with E-state index < -0.39 is 10.0 Å². The van der Waals surface area contributed by atoms with Crippen molar-refractivity contribution in [1.29, 1.82) is 0 Å². The minimum atomic E-state index is -3.72. The van der Waals surface area contributed by atoms with E-state index in [9.17, 15) is 13.2 Å². The number of hydrogen-bond donors (Lipinski definition) is 1. The first-order valence-corrected chi connectivity index (χ1v) is 11.7. The number of nitrogens with zero attached hydrogens (tertiary/aromatic N) is 1. The molecule has 1 aliphatic rings. The zero-order valence-electron chi connectivity index (χ0n) is 17.0. The van der Waals surface area contributed by atoms with Gasteiger partial charge in [-0.1, -0.05) is 41.8 Å². The van der Waals surface area contributed by atoms with E-state index in [4.69, 9.17) is 11.6 Å². The van der Waals surface area contributed by atoms with Crippen molar-refractivity contribution < 1.29 is 13.2 Å². The predicted octanol–water partition coefficient (Wildman–Crippen LogP) is 4.62. The summed E-state index contributed by atoms with van der Waals surface area (Å²) in [5.41, 5.74) is 3.52. The number of nitrogens with one attached hydrogen (secondary N) is 1. The Bertz CT molecular complexity index is 1010. The van der Waals surface area contributed by atoms with Crippen LogP contribution in [0.3, 0.4) is 0 Å². The molecule has 1 atom stereocenters. The second-order valence-corrected chi connectivity index (χ2v) is 9.98. The predicted molar refractivity (Wildman–Crippen MR) is 116 cm³/mol. The van der Waals surface area contributed by atoms with Crippen molar-refractivity contribution in [3.63, 3.8) is 0 Å². The molecule has 0 saturated carbocycles. The van der Waals surface area contributed by atoms with Gasteiger partial charge in [0.15, 0.2) is 0 Å². The summed E-state index contributed by atoms with van der Waals surface area (Å²) in [7, 11) is -3.72. The number of carbonyl (C=O) groups excluding carboxylic acids is 1. The standard InChI is InChI=1S/C22H27ClN2O3S/c1-15-7-8-16(2)19(13-15)17(3)24-22(26)18-9-10-20(23)21(14-18)29(27,28)25-11-5-4-6-12-25/h7-10,13-14,17H,4-6,11-12H2,1-3H3,(H,24,26)/t17-/m1/s1. The fourth-order valence-electron chi connectivity index (χ4n) is 3.67. The van der Waals surface area contributed by atoms with Crippen LogP contribution in [-0.2, 0) is 10.0 Å². The molecule has 7 heteroatoms. The molecule has 156 valence electrons. The molecule has 0 bridgehead atoms. The highest BCUT2D eigenvalue weighted by Gasteiger charge is 2.29. The van der Waals surface area contributed by atoms with Gasteiger partial charge >= 0.3 is 0 Å². The molecule has 1 N–H and O–H groups in total. The molecule has 0 unspecified atom stereocenters. The van der Waals surface area contributed by atoms with Crippen LogP contribution in [0, 0.1) is 13.8 Å². The summed E-state index contributed by atoms with van der Waals surface area (Å²) in [6.07, 6.45) is 2.70. The van der Waals surface area contributed by atoms with Crippen LogP contribution >= 0.6 is 11.6 Å². The maximum Gasteiger partial charge on any atom is 0.251 e. The molecule has 29 heavy (non-hydrogen) atoms. The van der Waals surface area contributed by atoms with E-state index in [1.807, 2.05) is 39.0 Å². The van der Waals surface area contributed by atoms with Crippen molar-refractivity contribution in [2.75, 3.05) is 13.1 Å². The van der Waals surface area contributed by atoms with Gasteiger partial charge in [-0.05, 0) is 62.9 Å². The molecular weight excluding hydrogens is 408 g/mol. The van der Waals surface area contributed by atoms with Crippen LogP contribution < -0.4 is 5.32 Å². The van der Waals surface area contributed by atoms with Gasteiger partial charge in [-0.25, -0.2) is 8.42 Å². The van der Waals surface area contributed by atoms with Crippen LogP contribution in [0.4, 0.5) is 0 Å². The second-order valence-electron chi connectivity index (χ2n) is 7.67. The molecule has 0 radical (unpaired) electrons. The number of amides is 1. The van der Waals surface area contributed by atoms with Gasteiger partial charge in [0.25, 0.3) is 5.91 Å². The summed E-state index contributed by atoms with van der Waals surface area (Å²) in [6, 6.07) is 10.3. The monoisotopic (exact) mass is 434 g/mol. The smallest absolute Gasteiger partial charge is 0.251 e. The molecule has 1 aliphatic heterocycles. The number of rotatable bonds is 5. The number of carbonyl (C=O) groups is 1. The second kappa shape index (κ2) is 8.86. The van der Waals surface area contributed by atoms with Gasteiger partial charge < -0.3 is 5.32 Å². The Morgan fingerprint density at radius 2 is 1.76 bits per heavy atom. The Kier molecular flexibility index (Phi) is 6.66.